The molecule has 0 unspecified atom stereocenters. The van der Waals surface area contributed by atoms with E-state index >= 15 is 0 Å². The largest absolute Gasteiger partial charge is 0.462 e. The van der Waals surface area contributed by atoms with Gasteiger partial charge in [0.2, 0.25) is 0 Å². The summed E-state index contributed by atoms with van der Waals surface area (Å²) in [4.78, 5) is 14.2. The monoisotopic (exact) mass is 318 g/mol. The molecule has 0 bridgehead atoms. The van der Waals surface area contributed by atoms with Gasteiger partial charge in [-0.15, -0.1) is 0 Å². The first-order valence-corrected chi connectivity index (χ1v) is 8.43. The van der Waals surface area contributed by atoms with E-state index in [1.165, 1.54) is 18.5 Å². The van der Waals surface area contributed by atoms with Gasteiger partial charge in [0, 0.05) is 25.2 Å². The number of rotatable bonds is 5. The average Bonchev–Trinajstić information content (AvgIpc) is 3.08. The maximum Gasteiger partial charge on any atom is 0.348 e. The van der Waals surface area contributed by atoms with Crippen LogP contribution in [0.15, 0.2) is 22.9 Å². The van der Waals surface area contributed by atoms with Crippen molar-refractivity contribution in [2.45, 2.75) is 52.1 Å². The SMILES string of the molecule is CCOC(=O)/C(C#N)=C\C1=C(N2CCCC2)C[C@](C)(CC)OC1. The molecule has 0 saturated carbocycles. The Morgan fingerprint density at radius 3 is 2.70 bits per heavy atom. The minimum atomic E-state index is -0.563. The molecule has 2 rings (SSSR count). The normalized spacial score (nSPS) is 25.5. The Balaban J connectivity index is 2.35. The van der Waals surface area contributed by atoms with E-state index in [0.717, 1.165) is 31.5 Å². The Labute approximate surface area is 138 Å². The molecule has 0 radical (unpaired) electrons. The van der Waals surface area contributed by atoms with Gasteiger partial charge in [0.25, 0.3) is 0 Å². The molecule has 1 fully saturated rings. The van der Waals surface area contributed by atoms with Crippen molar-refractivity contribution in [3.05, 3.63) is 22.9 Å². The maximum atomic E-state index is 11.9. The van der Waals surface area contributed by atoms with Crippen LogP contribution in [0.25, 0.3) is 0 Å². The third-order valence-corrected chi connectivity index (χ3v) is 4.66. The van der Waals surface area contributed by atoms with Crippen LogP contribution in [0.2, 0.25) is 0 Å². The second kappa shape index (κ2) is 7.65. The predicted molar refractivity (Wildman–Crippen MR) is 87.4 cm³/mol. The predicted octanol–water partition coefficient (Wildman–Crippen LogP) is 2.94. The molecule has 0 spiro atoms. The minimum Gasteiger partial charge on any atom is -0.462 e. The number of carbonyl (C=O) groups excluding carboxylic acids is 1. The summed E-state index contributed by atoms with van der Waals surface area (Å²) in [7, 11) is 0. The quantitative estimate of drug-likeness (QED) is 0.443. The number of nitrogens with zero attached hydrogens (tertiary/aromatic N) is 2. The van der Waals surface area contributed by atoms with E-state index in [9.17, 15) is 10.1 Å². The van der Waals surface area contributed by atoms with Crippen LogP contribution in [0.5, 0.6) is 0 Å². The van der Waals surface area contributed by atoms with E-state index in [0.29, 0.717) is 6.61 Å². The Morgan fingerprint density at radius 2 is 2.13 bits per heavy atom. The zero-order valence-electron chi connectivity index (χ0n) is 14.4. The lowest BCUT2D eigenvalue weighted by Crippen LogP contribution is -2.38. The number of hydrogen-bond acceptors (Lipinski definition) is 5. The summed E-state index contributed by atoms with van der Waals surface area (Å²) < 4.78 is 11.0. The molecule has 0 aromatic rings. The molecule has 5 nitrogen and oxygen atoms in total. The molecule has 2 heterocycles. The summed E-state index contributed by atoms with van der Waals surface area (Å²) in [5, 5.41) is 9.26. The van der Waals surface area contributed by atoms with Crippen molar-refractivity contribution in [2.24, 2.45) is 0 Å². The van der Waals surface area contributed by atoms with E-state index < -0.39 is 5.97 Å². The molecule has 0 aromatic heterocycles. The van der Waals surface area contributed by atoms with E-state index in [-0.39, 0.29) is 17.8 Å². The van der Waals surface area contributed by atoms with Crippen molar-refractivity contribution < 1.29 is 14.3 Å². The van der Waals surface area contributed by atoms with Crippen LogP contribution in [0.3, 0.4) is 0 Å². The Morgan fingerprint density at radius 1 is 1.43 bits per heavy atom. The van der Waals surface area contributed by atoms with Crippen molar-refractivity contribution in [3.8, 4) is 6.07 Å². The first-order valence-electron chi connectivity index (χ1n) is 8.43. The summed E-state index contributed by atoms with van der Waals surface area (Å²) in [5.41, 5.74) is 2.02. The first-order chi connectivity index (χ1) is 11.0. The Hall–Kier alpha value is -1.80. The van der Waals surface area contributed by atoms with Crippen molar-refractivity contribution in [1.82, 2.24) is 4.90 Å². The highest BCUT2D eigenvalue weighted by Crippen LogP contribution is 2.35. The number of hydrogen-bond donors (Lipinski definition) is 0. The molecule has 0 N–H and O–H groups in total. The van der Waals surface area contributed by atoms with Gasteiger partial charge in [-0.25, -0.2) is 4.79 Å². The number of ether oxygens (including phenoxy) is 2. The Bertz CT molecular complexity index is 553. The van der Waals surface area contributed by atoms with Crippen molar-refractivity contribution in [1.29, 1.82) is 5.26 Å². The van der Waals surface area contributed by atoms with E-state index in [4.69, 9.17) is 9.47 Å². The fraction of sp³-hybridized carbons (Fsp3) is 0.667. The van der Waals surface area contributed by atoms with Gasteiger partial charge >= 0.3 is 5.97 Å². The lowest BCUT2D eigenvalue weighted by Gasteiger charge is -2.39. The van der Waals surface area contributed by atoms with Crippen LogP contribution < -0.4 is 0 Å². The number of nitriles is 1. The van der Waals surface area contributed by atoms with Gasteiger partial charge in [0.1, 0.15) is 11.6 Å². The lowest BCUT2D eigenvalue weighted by atomic mass is 9.90. The molecule has 23 heavy (non-hydrogen) atoms. The smallest absolute Gasteiger partial charge is 0.348 e. The summed E-state index contributed by atoms with van der Waals surface area (Å²) in [6.07, 6.45) is 5.78. The second-order valence-corrected chi connectivity index (χ2v) is 6.33. The van der Waals surface area contributed by atoms with Gasteiger partial charge in [-0.3, -0.25) is 0 Å². The van der Waals surface area contributed by atoms with Crippen LogP contribution in [-0.4, -0.2) is 42.8 Å². The number of likely N-dealkylation sites (tertiary alicyclic amines) is 1. The molecule has 1 atom stereocenters. The number of carbonyl (C=O) groups is 1. The fourth-order valence-electron chi connectivity index (χ4n) is 3.03. The fourth-order valence-corrected chi connectivity index (χ4v) is 3.03. The van der Waals surface area contributed by atoms with Crippen molar-refractivity contribution >= 4 is 5.97 Å². The Kier molecular flexibility index (Phi) is 5.84. The lowest BCUT2D eigenvalue weighted by molar-refractivity contribution is -0.138. The molecule has 0 amide bonds. The van der Waals surface area contributed by atoms with Crippen molar-refractivity contribution in [2.75, 3.05) is 26.3 Å². The molecule has 1 saturated heterocycles. The van der Waals surface area contributed by atoms with Gasteiger partial charge in [-0.1, -0.05) is 6.92 Å². The molecule has 126 valence electrons. The standard InChI is InChI=1S/C18H26N2O3/c1-4-18(3)11-16(20-8-6-7-9-20)15(13-23-18)10-14(12-19)17(21)22-5-2/h10H,4-9,11,13H2,1-3H3/b14-10-/t18-/m0/s1. The van der Waals surface area contributed by atoms with Crippen LogP contribution >= 0.6 is 0 Å². The van der Waals surface area contributed by atoms with Crippen LogP contribution in [0.1, 0.15) is 46.5 Å². The molecule has 2 aliphatic rings. The summed E-state index contributed by atoms with van der Waals surface area (Å²) in [6.45, 7) is 8.75. The van der Waals surface area contributed by atoms with Crippen LogP contribution in [0, 0.1) is 11.3 Å². The average molecular weight is 318 g/mol. The molecule has 5 heteroatoms. The third kappa shape index (κ3) is 4.14. The van der Waals surface area contributed by atoms with E-state index in [2.05, 4.69) is 18.7 Å². The topological polar surface area (TPSA) is 62.6 Å². The van der Waals surface area contributed by atoms with Gasteiger partial charge in [0.15, 0.2) is 0 Å². The molecular formula is C18H26N2O3. The second-order valence-electron chi connectivity index (χ2n) is 6.33. The van der Waals surface area contributed by atoms with Crippen LogP contribution in [-0.2, 0) is 14.3 Å². The van der Waals surface area contributed by atoms with Crippen molar-refractivity contribution in [3.63, 3.8) is 0 Å². The molecule has 0 aromatic carbocycles. The zero-order valence-corrected chi connectivity index (χ0v) is 14.4. The van der Waals surface area contributed by atoms with Crippen LogP contribution in [0.4, 0.5) is 0 Å². The van der Waals surface area contributed by atoms with Gasteiger partial charge < -0.3 is 14.4 Å². The molecular weight excluding hydrogens is 292 g/mol. The summed E-state index contributed by atoms with van der Waals surface area (Å²) in [5.74, 6) is -0.563. The highest BCUT2D eigenvalue weighted by atomic mass is 16.5. The summed E-state index contributed by atoms with van der Waals surface area (Å²) in [6, 6.07) is 1.96. The number of esters is 1. The maximum absolute atomic E-state index is 11.9. The van der Waals surface area contributed by atoms with Gasteiger partial charge in [-0.2, -0.15) is 5.26 Å². The van der Waals surface area contributed by atoms with E-state index in [1.807, 2.05) is 6.07 Å². The summed E-state index contributed by atoms with van der Waals surface area (Å²) >= 11 is 0. The molecule has 0 aliphatic carbocycles. The first kappa shape index (κ1) is 17.6. The van der Waals surface area contributed by atoms with Gasteiger partial charge in [0.05, 0.1) is 18.8 Å². The minimum absolute atomic E-state index is 0.0437. The van der Waals surface area contributed by atoms with Gasteiger partial charge in [-0.05, 0) is 44.8 Å². The third-order valence-electron chi connectivity index (χ3n) is 4.66. The highest BCUT2D eigenvalue weighted by molar-refractivity contribution is 5.93. The zero-order chi connectivity index (χ0) is 16.9. The molecule has 2 aliphatic heterocycles. The van der Waals surface area contributed by atoms with E-state index in [1.54, 1.807) is 13.0 Å². The highest BCUT2D eigenvalue weighted by Gasteiger charge is 2.33.